The molecule has 0 spiro atoms. The van der Waals surface area contributed by atoms with Crippen LogP contribution in [0.2, 0.25) is 5.02 Å². The van der Waals surface area contributed by atoms with Gasteiger partial charge >= 0.3 is 6.03 Å². The summed E-state index contributed by atoms with van der Waals surface area (Å²) in [6.45, 7) is 7.09. The number of amides is 2. The summed E-state index contributed by atoms with van der Waals surface area (Å²) in [5.41, 5.74) is 1.65. The van der Waals surface area contributed by atoms with Crippen LogP contribution in [0.5, 0.6) is 5.75 Å². The van der Waals surface area contributed by atoms with E-state index in [9.17, 15) is 9.18 Å². The Morgan fingerprint density at radius 2 is 1.96 bits per heavy atom. The molecule has 0 aliphatic carbocycles. The number of halogens is 2. The van der Waals surface area contributed by atoms with Crippen molar-refractivity contribution >= 4 is 23.3 Å². The Balaban J connectivity index is 1.77. The number of anilines is 1. The summed E-state index contributed by atoms with van der Waals surface area (Å²) in [7, 11) is 0. The van der Waals surface area contributed by atoms with E-state index in [1.807, 2.05) is 18.2 Å². The van der Waals surface area contributed by atoms with Crippen LogP contribution in [-0.2, 0) is 5.41 Å². The molecule has 2 rings (SSSR count). The number of benzene rings is 2. The molecule has 25 heavy (non-hydrogen) atoms. The van der Waals surface area contributed by atoms with Gasteiger partial charge in [-0.2, -0.15) is 0 Å². The summed E-state index contributed by atoms with van der Waals surface area (Å²) in [5, 5.41) is 5.21. The molecule has 0 fully saturated rings. The lowest BCUT2D eigenvalue weighted by Gasteiger charge is -2.19. The second kappa shape index (κ2) is 8.21. The molecule has 0 saturated heterocycles. The molecule has 2 amide bonds. The van der Waals surface area contributed by atoms with Crippen LogP contribution in [0.15, 0.2) is 42.5 Å². The Kier molecular flexibility index (Phi) is 6.26. The van der Waals surface area contributed by atoms with Crippen LogP contribution in [0.1, 0.15) is 26.3 Å². The van der Waals surface area contributed by atoms with E-state index < -0.39 is 11.8 Å². The van der Waals surface area contributed by atoms with Crippen LogP contribution in [0, 0.1) is 5.82 Å². The van der Waals surface area contributed by atoms with Crippen LogP contribution in [0.4, 0.5) is 14.9 Å². The molecule has 2 aromatic carbocycles. The smallest absolute Gasteiger partial charge is 0.319 e. The first-order valence-electron chi connectivity index (χ1n) is 7.99. The predicted octanol–water partition coefficient (Wildman–Crippen LogP) is 4.98. The molecular weight excluding hydrogens is 343 g/mol. The van der Waals surface area contributed by atoms with Crippen molar-refractivity contribution in [2.45, 2.75) is 26.2 Å². The third-order valence-electron chi connectivity index (χ3n) is 3.53. The van der Waals surface area contributed by atoms with Crippen molar-refractivity contribution in [2.24, 2.45) is 0 Å². The highest BCUT2D eigenvalue weighted by Crippen LogP contribution is 2.25. The highest BCUT2D eigenvalue weighted by atomic mass is 35.5. The Bertz CT molecular complexity index is 744. The number of ether oxygens (including phenoxy) is 1. The van der Waals surface area contributed by atoms with Crippen molar-refractivity contribution < 1.29 is 13.9 Å². The number of carbonyl (C=O) groups excluding carboxylic acids is 1. The molecule has 0 atom stereocenters. The summed E-state index contributed by atoms with van der Waals surface area (Å²) in [6, 6.07) is 11.5. The van der Waals surface area contributed by atoms with Crippen molar-refractivity contribution in [1.82, 2.24) is 5.32 Å². The Morgan fingerprint density at radius 3 is 2.64 bits per heavy atom. The zero-order chi connectivity index (χ0) is 18.4. The average Bonchev–Trinajstić information content (AvgIpc) is 2.55. The molecule has 2 aromatic rings. The topological polar surface area (TPSA) is 50.4 Å². The molecule has 0 bridgehead atoms. The third kappa shape index (κ3) is 5.94. The van der Waals surface area contributed by atoms with Gasteiger partial charge in [-0.1, -0.05) is 44.5 Å². The highest BCUT2D eigenvalue weighted by molar-refractivity contribution is 6.31. The molecule has 0 radical (unpaired) electrons. The van der Waals surface area contributed by atoms with Gasteiger partial charge in [0.05, 0.1) is 11.6 Å². The van der Waals surface area contributed by atoms with Crippen LogP contribution in [0.3, 0.4) is 0 Å². The molecule has 134 valence electrons. The predicted molar refractivity (Wildman–Crippen MR) is 99.1 cm³/mol. The fourth-order valence-electron chi connectivity index (χ4n) is 2.14. The lowest BCUT2D eigenvalue weighted by molar-refractivity contribution is 0.247. The molecule has 2 N–H and O–H groups in total. The van der Waals surface area contributed by atoms with Gasteiger partial charge in [0.2, 0.25) is 0 Å². The molecule has 0 unspecified atom stereocenters. The zero-order valence-corrected chi connectivity index (χ0v) is 15.3. The minimum atomic E-state index is -0.529. The van der Waals surface area contributed by atoms with Gasteiger partial charge in [0, 0.05) is 5.69 Å². The quantitative estimate of drug-likeness (QED) is 0.735. The number of hydrogen-bond acceptors (Lipinski definition) is 2. The monoisotopic (exact) mass is 364 g/mol. The van der Waals surface area contributed by atoms with Crippen LogP contribution in [0.25, 0.3) is 0 Å². The number of hydrogen-bond donors (Lipinski definition) is 2. The first-order chi connectivity index (χ1) is 11.8. The molecule has 4 nitrogen and oxygen atoms in total. The first kappa shape index (κ1) is 19.1. The van der Waals surface area contributed by atoms with Gasteiger partial charge in [-0.15, -0.1) is 0 Å². The maximum Gasteiger partial charge on any atom is 0.319 e. The summed E-state index contributed by atoms with van der Waals surface area (Å²) >= 11 is 5.67. The van der Waals surface area contributed by atoms with Gasteiger partial charge in [-0.25, -0.2) is 9.18 Å². The minimum Gasteiger partial charge on any atom is -0.492 e. The number of rotatable bonds is 5. The third-order valence-corrected chi connectivity index (χ3v) is 3.82. The van der Waals surface area contributed by atoms with Crippen molar-refractivity contribution in [2.75, 3.05) is 18.5 Å². The molecule has 0 aliphatic rings. The second-order valence-corrected chi connectivity index (χ2v) is 7.04. The standard InChI is InChI=1S/C19H22ClFN2O2/c1-19(2,3)13-5-4-6-15(11-13)25-10-9-22-18(24)23-14-7-8-17(21)16(20)12-14/h4-8,11-12H,9-10H2,1-3H3,(H2,22,23,24). The lowest BCUT2D eigenvalue weighted by atomic mass is 9.87. The molecule has 0 saturated carbocycles. The van der Waals surface area contributed by atoms with Gasteiger partial charge in [0.1, 0.15) is 18.2 Å². The van der Waals surface area contributed by atoms with Crippen LogP contribution >= 0.6 is 11.6 Å². The van der Waals surface area contributed by atoms with E-state index in [-0.39, 0.29) is 10.4 Å². The second-order valence-electron chi connectivity index (χ2n) is 6.64. The van der Waals surface area contributed by atoms with Gasteiger partial charge in [-0.05, 0) is 41.3 Å². The van der Waals surface area contributed by atoms with Gasteiger partial charge in [-0.3, -0.25) is 0 Å². The summed E-state index contributed by atoms with van der Waals surface area (Å²) in [5.74, 6) is 0.235. The van der Waals surface area contributed by atoms with Gasteiger partial charge in [0.15, 0.2) is 0 Å². The van der Waals surface area contributed by atoms with Crippen molar-refractivity contribution in [3.8, 4) is 5.75 Å². The van der Waals surface area contributed by atoms with E-state index in [0.717, 1.165) is 5.75 Å². The fraction of sp³-hybridized carbons (Fsp3) is 0.316. The van der Waals surface area contributed by atoms with E-state index in [2.05, 4.69) is 37.5 Å². The van der Waals surface area contributed by atoms with E-state index in [0.29, 0.717) is 18.8 Å². The molecule has 6 heteroatoms. The zero-order valence-electron chi connectivity index (χ0n) is 14.5. The van der Waals surface area contributed by atoms with E-state index in [1.54, 1.807) is 0 Å². The summed E-state index contributed by atoms with van der Waals surface area (Å²) in [6.07, 6.45) is 0. The number of nitrogens with one attached hydrogen (secondary N) is 2. The van der Waals surface area contributed by atoms with Crippen molar-refractivity contribution in [3.63, 3.8) is 0 Å². The molecular formula is C19H22ClFN2O2. The van der Waals surface area contributed by atoms with E-state index in [4.69, 9.17) is 16.3 Å². The van der Waals surface area contributed by atoms with Crippen LogP contribution in [-0.4, -0.2) is 19.2 Å². The maximum absolute atomic E-state index is 13.1. The summed E-state index contributed by atoms with van der Waals surface area (Å²) < 4.78 is 18.7. The minimum absolute atomic E-state index is 0.0418. The first-order valence-corrected chi connectivity index (χ1v) is 8.37. The molecule has 0 heterocycles. The Morgan fingerprint density at radius 1 is 1.20 bits per heavy atom. The largest absolute Gasteiger partial charge is 0.492 e. The highest BCUT2D eigenvalue weighted by Gasteiger charge is 2.13. The van der Waals surface area contributed by atoms with Crippen molar-refractivity contribution in [1.29, 1.82) is 0 Å². The SMILES string of the molecule is CC(C)(C)c1cccc(OCCNC(=O)Nc2ccc(F)c(Cl)c2)c1. The van der Waals surface area contributed by atoms with E-state index >= 15 is 0 Å². The number of urea groups is 1. The van der Waals surface area contributed by atoms with Gasteiger partial charge in [0.25, 0.3) is 0 Å². The van der Waals surface area contributed by atoms with Crippen molar-refractivity contribution in [3.05, 3.63) is 58.9 Å². The lowest BCUT2D eigenvalue weighted by Crippen LogP contribution is -2.32. The molecule has 0 aliphatic heterocycles. The average molecular weight is 365 g/mol. The Labute approximate surface area is 152 Å². The number of carbonyl (C=O) groups is 1. The van der Waals surface area contributed by atoms with Gasteiger partial charge < -0.3 is 15.4 Å². The normalized spacial score (nSPS) is 11.1. The van der Waals surface area contributed by atoms with Crippen LogP contribution < -0.4 is 15.4 Å². The summed E-state index contributed by atoms with van der Waals surface area (Å²) in [4.78, 5) is 11.8. The molecule has 0 aromatic heterocycles. The Hall–Kier alpha value is -2.27. The maximum atomic E-state index is 13.1. The van der Waals surface area contributed by atoms with E-state index in [1.165, 1.54) is 23.8 Å². The fourth-order valence-corrected chi connectivity index (χ4v) is 2.32.